The number of sulfone groups is 1. The van der Waals surface area contributed by atoms with E-state index in [-0.39, 0.29) is 38.0 Å². The lowest BCUT2D eigenvalue weighted by Gasteiger charge is -2.37. The highest BCUT2D eigenvalue weighted by Gasteiger charge is 2.45. The molecule has 1 aliphatic rings. The summed E-state index contributed by atoms with van der Waals surface area (Å²) < 4.78 is 62.0. The molecule has 0 radical (unpaired) electrons. The Hall–Kier alpha value is -1.18. The van der Waals surface area contributed by atoms with Crippen molar-refractivity contribution >= 4 is 42.8 Å². The third-order valence-electron chi connectivity index (χ3n) is 9.02. The van der Waals surface area contributed by atoms with Crippen LogP contribution in [-0.2, 0) is 34.2 Å². The Morgan fingerprint density at radius 3 is 2.14 bits per heavy atom. The van der Waals surface area contributed by atoms with Crippen LogP contribution in [0.1, 0.15) is 120 Å². The van der Waals surface area contributed by atoms with Crippen molar-refractivity contribution in [1.82, 2.24) is 10.0 Å². The number of carbonyl (C=O) groups excluding carboxylic acids is 2. The lowest BCUT2D eigenvalue weighted by Crippen LogP contribution is -2.57. The summed E-state index contributed by atoms with van der Waals surface area (Å²) in [7, 11) is -7.95. The molecular weight excluding hydrogens is 597 g/mol. The second kappa shape index (κ2) is 13.4. The van der Waals surface area contributed by atoms with E-state index in [1.807, 2.05) is 20.8 Å². The lowest BCUT2D eigenvalue weighted by molar-refractivity contribution is -0.162. The topological polar surface area (TPSA) is 136 Å². The van der Waals surface area contributed by atoms with E-state index >= 15 is 0 Å². The molecule has 0 amide bonds. The van der Waals surface area contributed by atoms with Gasteiger partial charge >= 0.3 is 0 Å². The zero-order chi connectivity index (χ0) is 32.5. The highest BCUT2D eigenvalue weighted by Crippen LogP contribution is 2.43. The number of carbonyl (C=O) groups is 2. The van der Waals surface area contributed by atoms with Gasteiger partial charge in [0.05, 0.1) is 10.8 Å². The van der Waals surface area contributed by atoms with E-state index in [2.05, 4.69) is 30.8 Å². The van der Waals surface area contributed by atoms with Crippen LogP contribution in [0.15, 0.2) is 14.5 Å². The molecule has 0 saturated carbocycles. The van der Waals surface area contributed by atoms with E-state index in [0.29, 0.717) is 42.7 Å². The van der Waals surface area contributed by atoms with Gasteiger partial charge in [0.2, 0.25) is 0 Å². The molecule has 2 heterocycles. The highest BCUT2D eigenvalue weighted by molar-refractivity contribution is 7.95. The molecule has 0 aliphatic carbocycles. The number of thiophene rings is 1. The summed E-state index contributed by atoms with van der Waals surface area (Å²) in [5.41, 5.74) is -2.34. The van der Waals surface area contributed by atoms with Gasteiger partial charge in [-0.05, 0) is 71.4 Å². The van der Waals surface area contributed by atoms with Crippen LogP contribution in [0.5, 0.6) is 0 Å². The van der Waals surface area contributed by atoms with Crippen LogP contribution in [0.3, 0.4) is 0 Å². The Bertz CT molecular complexity index is 1350. The first-order valence-corrected chi connectivity index (χ1v) is 18.9. The highest BCUT2D eigenvalue weighted by atomic mass is 32.3. The minimum atomic E-state index is -4.28. The molecule has 0 spiro atoms. The molecule has 6 atom stereocenters. The first-order chi connectivity index (χ1) is 19.1. The Morgan fingerprint density at radius 1 is 1.05 bits per heavy atom. The van der Waals surface area contributed by atoms with Gasteiger partial charge in [0, 0.05) is 17.5 Å². The van der Waals surface area contributed by atoms with E-state index < -0.39 is 48.1 Å². The van der Waals surface area contributed by atoms with Gasteiger partial charge in [0.25, 0.3) is 10.0 Å². The van der Waals surface area contributed by atoms with Gasteiger partial charge in [-0.3, -0.25) is 9.59 Å². The number of fused-ring (bicyclic) bond motifs is 1. The number of rotatable bonds is 16. The number of Topliss-reactive ketones (excluding diaryl/α,β-unsaturated/α-hetero) is 2. The monoisotopic (exact) mass is 648 g/mol. The third-order valence-corrected chi connectivity index (χ3v) is 15.0. The van der Waals surface area contributed by atoms with E-state index in [0.717, 1.165) is 6.42 Å². The summed E-state index contributed by atoms with van der Waals surface area (Å²) in [6.45, 7) is 20.6. The first-order valence-electron chi connectivity index (χ1n) is 15.1. The van der Waals surface area contributed by atoms with Crippen LogP contribution in [-0.4, -0.2) is 57.4 Å². The van der Waals surface area contributed by atoms with Crippen molar-refractivity contribution < 1.29 is 31.2 Å². The van der Waals surface area contributed by atoms with E-state index in [4.69, 9.17) is 4.74 Å². The molecule has 3 unspecified atom stereocenters. The Balaban J connectivity index is 2.35. The van der Waals surface area contributed by atoms with Crippen molar-refractivity contribution in [2.75, 3.05) is 6.54 Å². The van der Waals surface area contributed by atoms with Crippen LogP contribution < -0.4 is 10.0 Å². The fourth-order valence-corrected chi connectivity index (χ4v) is 11.1. The Kier molecular flexibility index (Phi) is 11.8. The number of ketones is 2. The normalized spacial score (nSPS) is 23.3. The van der Waals surface area contributed by atoms with Gasteiger partial charge in [-0.25, -0.2) is 16.8 Å². The molecule has 0 bridgehead atoms. The van der Waals surface area contributed by atoms with Crippen molar-refractivity contribution in [2.45, 2.75) is 145 Å². The predicted octanol–water partition coefficient (Wildman–Crippen LogP) is 5.59. The van der Waals surface area contributed by atoms with Crippen LogP contribution in [0.4, 0.5) is 0 Å². The Morgan fingerprint density at radius 2 is 1.64 bits per heavy atom. The molecule has 0 saturated heterocycles. The van der Waals surface area contributed by atoms with Crippen LogP contribution in [0.2, 0.25) is 0 Å². The summed E-state index contributed by atoms with van der Waals surface area (Å²) >= 11 is 0.715. The molecular formula is C30H52N2O7S3. The van der Waals surface area contributed by atoms with Crippen molar-refractivity contribution in [3.8, 4) is 0 Å². The molecule has 0 fully saturated rings. The summed E-state index contributed by atoms with van der Waals surface area (Å²) in [5, 5.41) is 2.60. The zero-order valence-corrected chi connectivity index (χ0v) is 29.7. The molecule has 1 aliphatic heterocycles. The fourth-order valence-electron chi connectivity index (χ4n) is 5.61. The molecule has 12 heteroatoms. The number of nitrogens with one attached hydrogen (secondary N) is 2. The van der Waals surface area contributed by atoms with Gasteiger partial charge in [-0.1, -0.05) is 54.9 Å². The van der Waals surface area contributed by atoms with Gasteiger partial charge in [0.1, 0.15) is 20.1 Å². The first kappa shape index (κ1) is 37.0. The summed E-state index contributed by atoms with van der Waals surface area (Å²) in [5.74, 6) is -0.867. The molecule has 1 aromatic rings. The van der Waals surface area contributed by atoms with Crippen molar-refractivity contribution in [1.29, 1.82) is 0 Å². The minimum absolute atomic E-state index is 0.0186. The van der Waals surface area contributed by atoms with Gasteiger partial charge in [-0.15, -0.1) is 11.3 Å². The summed E-state index contributed by atoms with van der Waals surface area (Å²) in [6, 6.07) is 1.12. The molecule has 2 rings (SSSR count). The average Bonchev–Trinajstić information content (AvgIpc) is 3.38. The fraction of sp³-hybridized carbons (Fsp3) is 0.800. The average molecular weight is 649 g/mol. The van der Waals surface area contributed by atoms with Crippen molar-refractivity contribution in [3.63, 3.8) is 0 Å². The molecule has 9 nitrogen and oxygen atoms in total. The largest absolute Gasteiger partial charge is 0.357 e. The maximum atomic E-state index is 13.8. The molecule has 1 aromatic heterocycles. The number of ether oxygens (including phenoxy) is 1. The SMILES string of the molecule is CCN[C@H]1C[C@H](C)S(=O)(=O)c2sc(S(=O)(=O)NC(C)(CC)C(=O)[C@H](C)OC(C)(CC)C(=O)C(C)CC(C)(C)CC)cc21. The van der Waals surface area contributed by atoms with E-state index in [1.54, 1.807) is 27.7 Å². The molecule has 2 N–H and O–H groups in total. The van der Waals surface area contributed by atoms with Crippen molar-refractivity contribution in [2.24, 2.45) is 11.3 Å². The van der Waals surface area contributed by atoms with E-state index in [9.17, 15) is 26.4 Å². The summed E-state index contributed by atoms with van der Waals surface area (Å²) in [4.78, 5) is 27.3. The second-order valence-corrected chi connectivity index (χ2v) is 18.5. The van der Waals surface area contributed by atoms with Gasteiger partial charge in [0.15, 0.2) is 21.4 Å². The smallest absolute Gasteiger partial charge is 0.251 e. The number of hydrogen-bond acceptors (Lipinski definition) is 9. The minimum Gasteiger partial charge on any atom is -0.357 e. The van der Waals surface area contributed by atoms with Crippen LogP contribution >= 0.6 is 11.3 Å². The standard InChI is InChI=1S/C30H52N2O7S3/c1-12-28(8,9)18-19(5)25(33)30(11,14-3)39-21(7)26(34)29(10,13-2)32-42(37,38)24-17-22-23(31-15-4)16-20(6)41(35,36)27(22)40-24/h17,19-21,23,31-32H,12-16,18H2,1-11H3/t19?,20-,21-,23-,29?,30?/m0/s1. The third kappa shape index (κ3) is 7.72. The quantitative estimate of drug-likeness (QED) is 0.237. The zero-order valence-electron chi connectivity index (χ0n) is 27.2. The molecule has 0 aromatic carbocycles. The van der Waals surface area contributed by atoms with Gasteiger partial charge < -0.3 is 10.1 Å². The summed E-state index contributed by atoms with van der Waals surface area (Å²) in [6.07, 6.45) is 1.35. The predicted molar refractivity (Wildman–Crippen MR) is 168 cm³/mol. The van der Waals surface area contributed by atoms with Crippen molar-refractivity contribution in [3.05, 3.63) is 11.6 Å². The van der Waals surface area contributed by atoms with E-state index in [1.165, 1.54) is 13.0 Å². The maximum absolute atomic E-state index is 13.8. The number of sulfonamides is 1. The molecule has 242 valence electrons. The van der Waals surface area contributed by atoms with Crippen LogP contribution in [0, 0.1) is 11.3 Å². The number of hydrogen-bond donors (Lipinski definition) is 2. The Labute approximate surface area is 257 Å². The second-order valence-electron chi connectivity index (χ2n) is 13.0. The molecule has 42 heavy (non-hydrogen) atoms. The lowest BCUT2D eigenvalue weighted by atomic mass is 9.76. The van der Waals surface area contributed by atoms with Gasteiger partial charge in [-0.2, -0.15) is 4.72 Å². The van der Waals surface area contributed by atoms with Crippen LogP contribution in [0.25, 0.3) is 0 Å². The maximum Gasteiger partial charge on any atom is 0.251 e.